The number of carbonyl (C=O) groups is 1. The molecule has 0 fully saturated rings. The molecule has 0 aliphatic carbocycles. The lowest BCUT2D eigenvalue weighted by atomic mass is 10.2. The number of hydrazine groups is 1. The van der Waals surface area contributed by atoms with Gasteiger partial charge in [-0.25, -0.2) is 15.2 Å². The number of benzene rings is 2. The first kappa shape index (κ1) is 15.4. The monoisotopic (exact) mass is 304 g/mol. The number of nitrogens with zero attached hydrogens (tertiary/aromatic N) is 1. The molecule has 21 heavy (non-hydrogen) atoms. The number of ether oxygens (including phenoxy) is 1. The summed E-state index contributed by atoms with van der Waals surface area (Å²) in [5.41, 5.74) is 4.82. The summed E-state index contributed by atoms with van der Waals surface area (Å²) in [7, 11) is 1.62. The van der Waals surface area contributed by atoms with Gasteiger partial charge in [-0.3, -0.25) is 0 Å². The number of rotatable bonds is 5. The van der Waals surface area contributed by atoms with Crippen molar-refractivity contribution in [2.24, 2.45) is 0 Å². The summed E-state index contributed by atoms with van der Waals surface area (Å²) in [5.74, 6) is 0. The van der Waals surface area contributed by atoms with E-state index in [2.05, 4.69) is 5.43 Å². The van der Waals surface area contributed by atoms with Crippen LogP contribution in [0.4, 0.5) is 4.79 Å². The van der Waals surface area contributed by atoms with E-state index in [0.29, 0.717) is 11.6 Å². The largest absolute Gasteiger partial charge is 0.444 e. The van der Waals surface area contributed by atoms with E-state index in [1.807, 2.05) is 54.6 Å². The molecule has 0 aliphatic rings. The molecule has 0 saturated heterocycles. The van der Waals surface area contributed by atoms with Gasteiger partial charge in [0.15, 0.2) is 0 Å². The predicted octanol–water partition coefficient (Wildman–Crippen LogP) is 3.61. The van der Waals surface area contributed by atoms with E-state index in [1.165, 1.54) is 5.01 Å². The SMILES string of the molecule is CN(NCc1ccccc1Cl)C(=O)OCc1ccccc1. The summed E-state index contributed by atoms with van der Waals surface area (Å²) in [6.45, 7) is 0.703. The normalized spacial score (nSPS) is 10.2. The minimum Gasteiger partial charge on any atom is -0.444 e. The Kier molecular flexibility index (Phi) is 5.60. The van der Waals surface area contributed by atoms with E-state index >= 15 is 0 Å². The molecule has 0 aromatic heterocycles. The van der Waals surface area contributed by atoms with Crippen LogP contribution in [0.2, 0.25) is 5.02 Å². The highest BCUT2D eigenvalue weighted by Crippen LogP contribution is 2.14. The third kappa shape index (κ3) is 4.77. The number of hydrogen-bond acceptors (Lipinski definition) is 3. The summed E-state index contributed by atoms with van der Waals surface area (Å²) in [6.07, 6.45) is -0.439. The molecule has 0 radical (unpaired) electrons. The average Bonchev–Trinajstić information content (AvgIpc) is 2.52. The molecule has 0 bridgehead atoms. The molecule has 110 valence electrons. The molecule has 2 rings (SSSR count). The van der Waals surface area contributed by atoms with Crippen LogP contribution in [0.1, 0.15) is 11.1 Å². The van der Waals surface area contributed by atoms with E-state index < -0.39 is 6.09 Å². The number of halogens is 1. The first-order valence-electron chi connectivity index (χ1n) is 6.58. The van der Waals surface area contributed by atoms with Crippen LogP contribution in [0.3, 0.4) is 0 Å². The van der Waals surface area contributed by atoms with Gasteiger partial charge >= 0.3 is 6.09 Å². The fraction of sp³-hybridized carbons (Fsp3) is 0.188. The maximum Gasteiger partial charge on any atom is 0.424 e. The minimum atomic E-state index is -0.439. The molecular formula is C16H17ClN2O2. The average molecular weight is 305 g/mol. The second-order valence-corrected chi connectivity index (χ2v) is 4.93. The first-order valence-corrected chi connectivity index (χ1v) is 6.96. The second-order valence-electron chi connectivity index (χ2n) is 4.53. The number of nitrogens with one attached hydrogen (secondary N) is 1. The highest BCUT2D eigenvalue weighted by molar-refractivity contribution is 6.31. The van der Waals surface area contributed by atoms with Gasteiger partial charge in [0, 0.05) is 18.6 Å². The summed E-state index contributed by atoms with van der Waals surface area (Å²) in [5, 5.41) is 1.97. The van der Waals surface area contributed by atoms with Gasteiger partial charge in [0.1, 0.15) is 6.61 Å². The molecule has 0 unspecified atom stereocenters. The molecule has 1 amide bonds. The van der Waals surface area contributed by atoms with Crippen molar-refractivity contribution in [3.8, 4) is 0 Å². The van der Waals surface area contributed by atoms with Gasteiger partial charge in [0.05, 0.1) is 0 Å². The molecule has 1 N–H and O–H groups in total. The lowest BCUT2D eigenvalue weighted by molar-refractivity contribution is 0.0873. The predicted molar refractivity (Wildman–Crippen MR) is 82.7 cm³/mol. The van der Waals surface area contributed by atoms with Crippen molar-refractivity contribution in [1.29, 1.82) is 0 Å². The van der Waals surface area contributed by atoms with Gasteiger partial charge < -0.3 is 4.74 Å². The molecule has 5 heteroatoms. The third-order valence-corrected chi connectivity index (χ3v) is 3.31. The molecule has 2 aromatic carbocycles. The Morgan fingerprint density at radius 1 is 1.14 bits per heavy atom. The summed E-state index contributed by atoms with van der Waals surface area (Å²) in [6, 6.07) is 17.0. The molecule has 0 saturated carbocycles. The van der Waals surface area contributed by atoms with Gasteiger partial charge in [0.2, 0.25) is 0 Å². The van der Waals surface area contributed by atoms with Crippen molar-refractivity contribution < 1.29 is 9.53 Å². The third-order valence-electron chi connectivity index (χ3n) is 2.94. The van der Waals surface area contributed by atoms with Gasteiger partial charge in [-0.15, -0.1) is 0 Å². The minimum absolute atomic E-state index is 0.248. The second kappa shape index (κ2) is 7.67. The lowest BCUT2D eigenvalue weighted by Gasteiger charge is -2.18. The van der Waals surface area contributed by atoms with Crippen molar-refractivity contribution in [1.82, 2.24) is 10.4 Å². The van der Waals surface area contributed by atoms with Crippen LogP contribution in [-0.2, 0) is 17.9 Å². The highest BCUT2D eigenvalue weighted by Gasteiger charge is 2.10. The van der Waals surface area contributed by atoms with E-state index in [9.17, 15) is 4.79 Å². The van der Waals surface area contributed by atoms with Gasteiger partial charge in [-0.2, -0.15) is 0 Å². The molecule has 4 nitrogen and oxygen atoms in total. The Morgan fingerprint density at radius 3 is 2.52 bits per heavy atom. The summed E-state index contributed by atoms with van der Waals surface area (Å²) < 4.78 is 5.20. The Labute approximate surface area is 129 Å². The van der Waals surface area contributed by atoms with E-state index in [0.717, 1.165) is 11.1 Å². The summed E-state index contributed by atoms with van der Waals surface area (Å²) in [4.78, 5) is 11.8. The Bertz CT molecular complexity index is 590. The van der Waals surface area contributed by atoms with Crippen LogP contribution in [0, 0.1) is 0 Å². The van der Waals surface area contributed by atoms with Crippen LogP contribution in [0.15, 0.2) is 54.6 Å². The fourth-order valence-corrected chi connectivity index (χ4v) is 1.93. The summed E-state index contributed by atoms with van der Waals surface area (Å²) >= 11 is 6.05. The van der Waals surface area contributed by atoms with Crippen molar-refractivity contribution in [3.05, 3.63) is 70.7 Å². The number of amides is 1. The molecular weight excluding hydrogens is 288 g/mol. The zero-order valence-corrected chi connectivity index (χ0v) is 12.5. The Hall–Kier alpha value is -2.04. The Morgan fingerprint density at radius 2 is 1.81 bits per heavy atom. The standard InChI is InChI=1S/C16H17ClN2O2/c1-19(18-11-14-9-5-6-10-15(14)17)16(20)21-12-13-7-3-2-4-8-13/h2-10,18H,11-12H2,1H3. The van der Waals surface area contributed by atoms with Crippen molar-refractivity contribution in [3.63, 3.8) is 0 Å². The van der Waals surface area contributed by atoms with Crippen molar-refractivity contribution >= 4 is 17.7 Å². The Balaban J connectivity index is 1.79. The smallest absolute Gasteiger partial charge is 0.424 e. The van der Waals surface area contributed by atoms with Crippen LogP contribution in [0.5, 0.6) is 0 Å². The highest BCUT2D eigenvalue weighted by atomic mass is 35.5. The molecule has 0 atom stereocenters. The lowest BCUT2D eigenvalue weighted by Crippen LogP contribution is -2.39. The molecule has 2 aromatic rings. The number of carbonyl (C=O) groups excluding carboxylic acids is 1. The first-order chi connectivity index (χ1) is 10.2. The quantitative estimate of drug-likeness (QED) is 0.858. The molecule has 0 heterocycles. The van der Waals surface area contributed by atoms with Crippen LogP contribution >= 0.6 is 11.6 Å². The zero-order valence-electron chi connectivity index (χ0n) is 11.8. The van der Waals surface area contributed by atoms with E-state index in [1.54, 1.807) is 7.05 Å². The van der Waals surface area contributed by atoms with Gasteiger partial charge in [0.25, 0.3) is 0 Å². The van der Waals surface area contributed by atoms with Crippen molar-refractivity contribution in [2.75, 3.05) is 7.05 Å². The van der Waals surface area contributed by atoms with Gasteiger partial charge in [-0.05, 0) is 17.2 Å². The van der Waals surface area contributed by atoms with E-state index in [4.69, 9.17) is 16.3 Å². The van der Waals surface area contributed by atoms with Crippen LogP contribution in [0.25, 0.3) is 0 Å². The van der Waals surface area contributed by atoms with Crippen LogP contribution < -0.4 is 5.43 Å². The molecule has 0 aliphatic heterocycles. The molecule has 0 spiro atoms. The fourth-order valence-electron chi connectivity index (χ4n) is 1.73. The zero-order chi connectivity index (χ0) is 15.1. The maximum absolute atomic E-state index is 11.8. The number of hydrogen-bond donors (Lipinski definition) is 1. The maximum atomic E-state index is 11.8. The van der Waals surface area contributed by atoms with E-state index in [-0.39, 0.29) is 6.61 Å². The van der Waals surface area contributed by atoms with Crippen molar-refractivity contribution in [2.45, 2.75) is 13.2 Å². The van der Waals surface area contributed by atoms with Gasteiger partial charge in [-0.1, -0.05) is 60.1 Å². The topological polar surface area (TPSA) is 41.6 Å². The van der Waals surface area contributed by atoms with Crippen LogP contribution in [-0.4, -0.2) is 18.1 Å².